The van der Waals surface area contributed by atoms with Crippen LogP contribution in [0.1, 0.15) is 23.3 Å². The number of aryl methyl sites for hydroxylation is 2. The SMILES string of the molecule is CSc1nc(SCC(=O)O)c2c3c(sc2n1)CCCC3. The van der Waals surface area contributed by atoms with E-state index >= 15 is 0 Å². The van der Waals surface area contributed by atoms with Crippen molar-refractivity contribution in [3.8, 4) is 0 Å². The first-order chi connectivity index (χ1) is 9.69. The number of fused-ring (bicyclic) bond motifs is 3. The van der Waals surface area contributed by atoms with Crippen molar-refractivity contribution >= 4 is 51.0 Å². The lowest BCUT2D eigenvalue weighted by Crippen LogP contribution is -2.01. The van der Waals surface area contributed by atoms with Crippen LogP contribution in [0, 0.1) is 0 Å². The van der Waals surface area contributed by atoms with E-state index < -0.39 is 5.97 Å². The Kier molecular flexibility index (Phi) is 4.18. The van der Waals surface area contributed by atoms with Gasteiger partial charge in [0.05, 0.1) is 5.75 Å². The van der Waals surface area contributed by atoms with Crippen LogP contribution in [0.3, 0.4) is 0 Å². The van der Waals surface area contributed by atoms with Crippen molar-refractivity contribution in [3.63, 3.8) is 0 Å². The van der Waals surface area contributed by atoms with Gasteiger partial charge in [0, 0.05) is 10.3 Å². The molecule has 1 aliphatic carbocycles. The van der Waals surface area contributed by atoms with Crippen LogP contribution in [0.2, 0.25) is 0 Å². The van der Waals surface area contributed by atoms with Crippen LogP contribution in [-0.4, -0.2) is 33.1 Å². The van der Waals surface area contributed by atoms with Crippen molar-refractivity contribution in [1.29, 1.82) is 0 Å². The van der Waals surface area contributed by atoms with Crippen LogP contribution >= 0.6 is 34.9 Å². The first-order valence-corrected chi connectivity index (χ1v) is 9.42. The number of aromatic nitrogens is 2. The third-order valence-electron chi connectivity index (χ3n) is 3.28. The summed E-state index contributed by atoms with van der Waals surface area (Å²) in [7, 11) is 0. The highest BCUT2D eigenvalue weighted by Crippen LogP contribution is 2.40. The first-order valence-electron chi connectivity index (χ1n) is 6.40. The molecule has 0 spiro atoms. The fourth-order valence-electron chi connectivity index (χ4n) is 2.43. The molecular formula is C13H14N2O2S3. The Morgan fingerprint density at radius 3 is 2.90 bits per heavy atom. The molecule has 0 bridgehead atoms. The van der Waals surface area contributed by atoms with Crippen molar-refractivity contribution < 1.29 is 9.90 Å². The molecule has 2 aromatic rings. The number of rotatable bonds is 4. The molecule has 0 fully saturated rings. The van der Waals surface area contributed by atoms with Crippen LogP contribution in [0.4, 0.5) is 0 Å². The Hall–Kier alpha value is -0.790. The van der Waals surface area contributed by atoms with Crippen LogP contribution in [0.25, 0.3) is 10.2 Å². The Balaban J connectivity index is 2.13. The molecule has 1 N–H and O–H groups in total. The summed E-state index contributed by atoms with van der Waals surface area (Å²) in [4.78, 5) is 22.4. The lowest BCUT2D eigenvalue weighted by molar-refractivity contribution is -0.133. The number of aliphatic carboxylic acids is 1. The van der Waals surface area contributed by atoms with Gasteiger partial charge in [-0.15, -0.1) is 11.3 Å². The Bertz CT molecular complexity index is 669. The summed E-state index contributed by atoms with van der Waals surface area (Å²) < 4.78 is 0. The quantitative estimate of drug-likeness (QED) is 0.527. The average Bonchev–Trinajstić information content (AvgIpc) is 2.82. The number of hydrogen-bond acceptors (Lipinski definition) is 6. The summed E-state index contributed by atoms with van der Waals surface area (Å²) in [5.74, 6) is -0.763. The molecule has 3 rings (SSSR count). The van der Waals surface area contributed by atoms with Crippen LogP contribution in [-0.2, 0) is 17.6 Å². The Labute approximate surface area is 129 Å². The average molecular weight is 326 g/mol. The summed E-state index contributed by atoms with van der Waals surface area (Å²) in [6.45, 7) is 0. The highest BCUT2D eigenvalue weighted by Gasteiger charge is 2.21. The van der Waals surface area contributed by atoms with E-state index in [2.05, 4.69) is 9.97 Å². The van der Waals surface area contributed by atoms with E-state index in [9.17, 15) is 4.79 Å². The van der Waals surface area contributed by atoms with E-state index in [-0.39, 0.29) is 5.75 Å². The minimum Gasteiger partial charge on any atom is -0.481 e. The standard InChI is InChI=1S/C13H14N2O2S3/c1-18-13-14-11(19-6-9(16)17)10-7-4-2-3-5-8(7)20-12(10)15-13/h2-6H2,1H3,(H,16,17). The van der Waals surface area contributed by atoms with E-state index in [0.29, 0.717) is 0 Å². The van der Waals surface area contributed by atoms with Gasteiger partial charge in [-0.1, -0.05) is 23.5 Å². The zero-order valence-electron chi connectivity index (χ0n) is 11.0. The highest BCUT2D eigenvalue weighted by atomic mass is 32.2. The van der Waals surface area contributed by atoms with Gasteiger partial charge >= 0.3 is 5.97 Å². The number of carbonyl (C=O) groups is 1. The monoisotopic (exact) mass is 326 g/mol. The maximum atomic E-state index is 10.8. The molecule has 2 heterocycles. The van der Waals surface area contributed by atoms with Gasteiger partial charge in [0.2, 0.25) is 0 Å². The normalized spacial score (nSPS) is 14.4. The zero-order valence-corrected chi connectivity index (χ0v) is 13.5. The third kappa shape index (κ3) is 2.66. The third-order valence-corrected chi connectivity index (χ3v) is 5.97. The molecule has 0 aromatic carbocycles. The predicted octanol–water partition coefficient (Wildman–Crippen LogP) is 3.47. The number of hydrogen-bond donors (Lipinski definition) is 1. The Morgan fingerprint density at radius 1 is 1.35 bits per heavy atom. The lowest BCUT2D eigenvalue weighted by atomic mass is 9.97. The summed E-state index contributed by atoms with van der Waals surface area (Å²) in [6, 6.07) is 0. The molecule has 20 heavy (non-hydrogen) atoms. The fraction of sp³-hybridized carbons (Fsp3) is 0.462. The second kappa shape index (κ2) is 5.91. The zero-order chi connectivity index (χ0) is 14.1. The van der Waals surface area contributed by atoms with Gasteiger partial charge in [0.25, 0.3) is 0 Å². The number of carboxylic acid groups (broad SMARTS) is 1. The van der Waals surface area contributed by atoms with E-state index in [0.717, 1.165) is 33.2 Å². The first kappa shape index (κ1) is 14.2. The van der Waals surface area contributed by atoms with Crippen molar-refractivity contribution in [2.75, 3.05) is 12.0 Å². The molecule has 0 aliphatic heterocycles. The molecule has 106 valence electrons. The Morgan fingerprint density at radius 2 is 2.15 bits per heavy atom. The number of thioether (sulfide) groups is 2. The van der Waals surface area contributed by atoms with Crippen molar-refractivity contribution in [3.05, 3.63) is 10.4 Å². The van der Waals surface area contributed by atoms with Crippen molar-refractivity contribution in [2.24, 2.45) is 0 Å². The molecule has 4 nitrogen and oxygen atoms in total. The van der Waals surface area contributed by atoms with Gasteiger partial charge in [-0.05, 0) is 37.5 Å². The second-order valence-electron chi connectivity index (χ2n) is 4.59. The van der Waals surface area contributed by atoms with Crippen molar-refractivity contribution in [1.82, 2.24) is 9.97 Å². The minimum atomic E-state index is -0.809. The second-order valence-corrected chi connectivity index (χ2v) is 7.41. The molecule has 0 amide bonds. The summed E-state index contributed by atoms with van der Waals surface area (Å²) in [6.07, 6.45) is 6.57. The van der Waals surface area contributed by atoms with Crippen LogP contribution < -0.4 is 0 Å². The van der Waals surface area contributed by atoms with Gasteiger partial charge < -0.3 is 5.11 Å². The number of thiophene rings is 1. The van der Waals surface area contributed by atoms with Gasteiger partial charge in [0.1, 0.15) is 9.86 Å². The van der Waals surface area contributed by atoms with E-state index in [1.807, 2.05) is 6.26 Å². The van der Waals surface area contributed by atoms with E-state index in [1.54, 1.807) is 11.3 Å². The summed E-state index contributed by atoms with van der Waals surface area (Å²) >= 11 is 4.56. The largest absolute Gasteiger partial charge is 0.481 e. The molecule has 7 heteroatoms. The molecule has 0 saturated heterocycles. The lowest BCUT2D eigenvalue weighted by Gasteiger charge is -2.11. The summed E-state index contributed by atoms with van der Waals surface area (Å²) in [5.41, 5.74) is 1.36. The molecule has 0 atom stereocenters. The maximum absolute atomic E-state index is 10.8. The van der Waals surface area contributed by atoms with E-state index in [4.69, 9.17) is 5.11 Å². The van der Waals surface area contributed by atoms with Gasteiger partial charge in [-0.3, -0.25) is 4.79 Å². The predicted molar refractivity (Wildman–Crippen MR) is 84.2 cm³/mol. The van der Waals surface area contributed by atoms with Gasteiger partial charge in [0.15, 0.2) is 5.16 Å². The van der Waals surface area contributed by atoms with Crippen molar-refractivity contribution in [2.45, 2.75) is 35.9 Å². The number of nitrogens with zero attached hydrogens (tertiary/aromatic N) is 2. The fourth-order valence-corrected chi connectivity index (χ4v) is 5.01. The molecule has 1 aliphatic rings. The summed E-state index contributed by atoms with van der Waals surface area (Å²) in [5, 5.41) is 11.6. The molecule has 0 radical (unpaired) electrons. The molecule has 0 saturated carbocycles. The molecule has 0 unspecified atom stereocenters. The van der Waals surface area contributed by atoms with Gasteiger partial charge in [-0.2, -0.15) is 0 Å². The van der Waals surface area contributed by atoms with Gasteiger partial charge in [-0.25, -0.2) is 9.97 Å². The molecular weight excluding hydrogens is 312 g/mol. The van der Waals surface area contributed by atoms with Crippen LogP contribution in [0.15, 0.2) is 10.2 Å². The maximum Gasteiger partial charge on any atom is 0.313 e. The van der Waals surface area contributed by atoms with Crippen LogP contribution in [0.5, 0.6) is 0 Å². The van der Waals surface area contributed by atoms with E-state index in [1.165, 1.54) is 46.8 Å². The smallest absolute Gasteiger partial charge is 0.313 e. The highest BCUT2D eigenvalue weighted by molar-refractivity contribution is 8.00. The topological polar surface area (TPSA) is 63.1 Å². The minimum absolute atomic E-state index is 0.0462. The molecule has 2 aromatic heterocycles. The number of carboxylic acids is 1.